The minimum absolute atomic E-state index is 0.279. The number of ether oxygens (including phenoxy) is 2. The monoisotopic (exact) mass is 398 g/mol. The van der Waals surface area contributed by atoms with E-state index in [4.69, 9.17) is 14.6 Å². The second kappa shape index (κ2) is 8.44. The van der Waals surface area contributed by atoms with Crippen LogP contribution in [-0.2, 0) is 4.79 Å². The summed E-state index contributed by atoms with van der Waals surface area (Å²) in [6, 6.07) is 11.9. The third-order valence-electron chi connectivity index (χ3n) is 4.09. The molecule has 3 aromatic rings. The van der Waals surface area contributed by atoms with Gasteiger partial charge in [0.05, 0.1) is 13.7 Å². The van der Waals surface area contributed by atoms with Gasteiger partial charge in [-0.3, -0.25) is 4.79 Å². The van der Waals surface area contributed by atoms with Crippen molar-refractivity contribution in [3.8, 4) is 23.0 Å². The molecule has 150 valence electrons. The molecule has 1 amide bonds. The van der Waals surface area contributed by atoms with Crippen LogP contribution in [-0.4, -0.2) is 51.9 Å². The van der Waals surface area contributed by atoms with Crippen molar-refractivity contribution in [3.63, 3.8) is 0 Å². The summed E-state index contributed by atoms with van der Waals surface area (Å²) in [5, 5.41) is 31.4. The van der Waals surface area contributed by atoms with E-state index in [2.05, 4.69) is 10.3 Å². The number of aliphatic carboxylic acids is 1. The number of nitrogens with zero attached hydrogens (tertiary/aromatic N) is 1. The Kier molecular flexibility index (Phi) is 5.79. The number of carbonyl (C=O) groups excluding carboxylic acids is 1. The smallest absolute Gasteiger partial charge is 0.334 e. The number of fused-ring (bicyclic) bond motifs is 1. The maximum Gasteiger partial charge on any atom is 0.334 e. The predicted octanol–water partition coefficient (Wildman–Crippen LogP) is 1.92. The minimum atomic E-state index is -1.75. The molecule has 9 heteroatoms. The highest BCUT2D eigenvalue weighted by atomic mass is 16.5. The van der Waals surface area contributed by atoms with E-state index in [1.807, 2.05) is 0 Å². The van der Waals surface area contributed by atoms with Crippen LogP contribution in [0, 0.1) is 0 Å². The molecule has 0 radical (unpaired) electrons. The Morgan fingerprint density at radius 3 is 2.41 bits per heavy atom. The number of carboxylic acid groups (broad SMARTS) is 1. The maximum atomic E-state index is 12.1. The van der Waals surface area contributed by atoms with Gasteiger partial charge < -0.3 is 30.1 Å². The lowest BCUT2D eigenvalue weighted by Crippen LogP contribution is -2.36. The summed E-state index contributed by atoms with van der Waals surface area (Å²) in [5.74, 6) is -0.831. The van der Waals surface area contributed by atoms with Crippen molar-refractivity contribution in [3.05, 3.63) is 54.4 Å². The van der Waals surface area contributed by atoms with Gasteiger partial charge in [0.25, 0.3) is 5.91 Å². The van der Waals surface area contributed by atoms with Gasteiger partial charge in [-0.05, 0) is 42.5 Å². The molecule has 2 aromatic carbocycles. The van der Waals surface area contributed by atoms with Gasteiger partial charge in [0, 0.05) is 17.0 Å². The van der Waals surface area contributed by atoms with Crippen LogP contribution < -0.4 is 14.8 Å². The van der Waals surface area contributed by atoms with Crippen molar-refractivity contribution < 1.29 is 34.4 Å². The Labute approximate surface area is 165 Å². The summed E-state index contributed by atoms with van der Waals surface area (Å²) in [7, 11) is 1.57. The zero-order valence-electron chi connectivity index (χ0n) is 15.3. The predicted molar refractivity (Wildman–Crippen MR) is 102 cm³/mol. The van der Waals surface area contributed by atoms with Gasteiger partial charge in [-0.2, -0.15) is 0 Å². The topological polar surface area (TPSA) is 138 Å². The number of aromatic hydroxyl groups is 1. The number of carbonyl (C=O) groups is 2. The van der Waals surface area contributed by atoms with E-state index >= 15 is 0 Å². The molecule has 1 aromatic heterocycles. The molecule has 9 nitrogen and oxygen atoms in total. The molecule has 1 unspecified atom stereocenters. The number of pyridine rings is 1. The number of carboxylic acids is 1. The number of nitrogens with one attached hydrogen (secondary N) is 1. The highest BCUT2D eigenvalue weighted by molar-refractivity contribution is 6.01. The quantitative estimate of drug-likeness (QED) is 0.473. The molecule has 1 atom stereocenters. The number of hydrogen-bond donors (Lipinski definition) is 4. The van der Waals surface area contributed by atoms with Gasteiger partial charge in [-0.1, -0.05) is 0 Å². The molecule has 4 N–H and O–H groups in total. The van der Waals surface area contributed by atoms with Crippen LogP contribution in [0.2, 0.25) is 0 Å². The zero-order chi connectivity index (χ0) is 21.0. The lowest BCUT2D eigenvalue weighted by atomic mass is 10.1. The first-order valence-electron chi connectivity index (χ1n) is 8.51. The average molecular weight is 398 g/mol. The SMILES string of the molecule is COc1ccc(Oc2ccc3c(O)c(C(=O)NCC(O)C(=O)O)ncc3c2)cc1. The number of hydrogen-bond acceptors (Lipinski definition) is 7. The van der Waals surface area contributed by atoms with E-state index in [0.29, 0.717) is 28.0 Å². The van der Waals surface area contributed by atoms with E-state index < -0.39 is 24.5 Å². The van der Waals surface area contributed by atoms with Gasteiger partial charge in [-0.25, -0.2) is 9.78 Å². The van der Waals surface area contributed by atoms with Crippen molar-refractivity contribution in [1.29, 1.82) is 0 Å². The first-order chi connectivity index (χ1) is 13.9. The first-order valence-corrected chi connectivity index (χ1v) is 8.51. The van der Waals surface area contributed by atoms with Crippen molar-refractivity contribution in [2.45, 2.75) is 6.10 Å². The number of aromatic nitrogens is 1. The summed E-state index contributed by atoms with van der Waals surface area (Å²) in [5.41, 5.74) is -0.279. The first kappa shape index (κ1) is 19.9. The van der Waals surface area contributed by atoms with Crippen molar-refractivity contribution in [2.24, 2.45) is 0 Å². The minimum Gasteiger partial charge on any atom is -0.505 e. The van der Waals surface area contributed by atoms with Crippen LogP contribution >= 0.6 is 0 Å². The molecule has 0 aliphatic carbocycles. The molecular formula is C20H18N2O7. The normalized spacial score (nSPS) is 11.7. The summed E-state index contributed by atoms with van der Waals surface area (Å²) in [4.78, 5) is 26.7. The standard InChI is InChI=1S/C20H18N2O7/c1-28-12-2-4-13(5-3-12)29-14-6-7-15-11(8-14)9-21-17(18(15)24)19(25)22-10-16(23)20(26)27/h2-9,16,23-24H,10H2,1H3,(H,22,25)(H,26,27). The highest BCUT2D eigenvalue weighted by Crippen LogP contribution is 2.32. The Morgan fingerprint density at radius 2 is 1.76 bits per heavy atom. The number of methoxy groups -OCH3 is 1. The van der Waals surface area contributed by atoms with Crippen molar-refractivity contribution in [1.82, 2.24) is 10.3 Å². The molecule has 0 spiro atoms. The number of aliphatic hydroxyl groups excluding tert-OH is 1. The highest BCUT2D eigenvalue weighted by Gasteiger charge is 2.19. The molecule has 0 aliphatic rings. The van der Waals surface area contributed by atoms with Gasteiger partial charge in [0.1, 0.15) is 17.2 Å². The molecule has 0 bridgehead atoms. The molecule has 29 heavy (non-hydrogen) atoms. The van der Waals surface area contributed by atoms with Crippen LogP contribution in [0.25, 0.3) is 10.8 Å². The molecule has 0 saturated carbocycles. The Balaban J connectivity index is 1.79. The van der Waals surface area contributed by atoms with Crippen LogP contribution in [0.3, 0.4) is 0 Å². The molecule has 0 saturated heterocycles. The summed E-state index contributed by atoms with van der Waals surface area (Å²) in [6.07, 6.45) is -0.363. The average Bonchev–Trinajstić information content (AvgIpc) is 2.72. The van der Waals surface area contributed by atoms with E-state index in [0.717, 1.165) is 0 Å². The molecule has 1 heterocycles. The second-order valence-corrected chi connectivity index (χ2v) is 6.05. The van der Waals surface area contributed by atoms with Crippen LogP contribution in [0.5, 0.6) is 23.0 Å². The van der Waals surface area contributed by atoms with E-state index in [9.17, 15) is 19.8 Å². The van der Waals surface area contributed by atoms with E-state index in [-0.39, 0.29) is 11.4 Å². The largest absolute Gasteiger partial charge is 0.505 e. The number of benzene rings is 2. The molecule has 0 aliphatic heterocycles. The third-order valence-corrected chi connectivity index (χ3v) is 4.09. The van der Waals surface area contributed by atoms with Crippen LogP contribution in [0.15, 0.2) is 48.7 Å². The van der Waals surface area contributed by atoms with Gasteiger partial charge in [0.2, 0.25) is 0 Å². The summed E-state index contributed by atoms with van der Waals surface area (Å²) < 4.78 is 10.9. The Hall–Kier alpha value is -3.85. The van der Waals surface area contributed by atoms with Crippen LogP contribution in [0.1, 0.15) is 10.5 Å². The maximum absolute atomic E-state index is 12.1. The Morgan fingerprint density at radius 1 is 1.10 bits per heavy atom. The molecule has 0 fully saturated rings. The number of rotatable bonds is 7. The fourth-order valence-corrected chi connectivity index (χ4v) is 2.56. The van der Waals surface area contributed by atoms with E-state index in [1.54, 1.807) is 49.6 Å². The second-order valence-electron chi connectivity index (χ2n) is 6.05. The zero-order valence-corrected chi connectivity index (χ0v) is 15.3. The van der Waals surface area contributed by atoms with E-state index in [1.165, 1.54) is 6.20 Å². The molecular weight excluding hydrogens is 380 g/mol. The third kappa shape index (κ3) is 4.53. The van der Waals surface area contributed by atoms with Crippen molar-refractivity contribution >= 4 is 22.6 Å². The van der Waals surface area contributed by atoms with Crippen molar-refractivity contribution in [2.75, 3.05) is 13.7 Å². The fraction of sp³-hybridized carbons (Fsp3) is 0.150. The Bertz CT molecular complexity index is 1050. The van der Waals surface area contributed by atoms with Crippen LogP contribution in [0.4, 0.5) is 0 Å². The lowest BCUT2D eigenvalue weighted by molar-refractivity contribution is -0.146. The summed E-state index contributed by atoms with van der Waals surface area (Å²) in [6.45, 7) is -0.512. The fourth-order valence-electron chi connectivity index (χ4n) is 2.56. The van der Waals surface area contributed by atoms with Gasteiger partial charge in [0.15, 0.2) is 17.5 Å². The van der Waals surface area contributed by atoms with Gasteiger partial charge >= 0.3 is 5.97 Å². The number of aliphatic hydroxyl groups is 1. The molecule has 3 rings (SSSR count). The lowest BCUT2D eigenvalue weighted by Gasteiger charge is -2.11. The summed E-state index contributed by atoms with van der Waals surface area (Å²) >= 11 is 0. The number of amides is 1. The van der Waals surface area contributed by atoms with Gasteiger partial charge in [-0.15, -0.1) is 0 Å².